The van der Waals surface area contributed by atoms with Crippen molar-refractivity contribution in [1.29, 1.82) is 0 Å². The monoisotopic (exact) mass is 281 g/mol. The van der Waals surface area contributed by atoms with Crippen molar-refractivity contribution in [2.75, 3.05) is 0 Å². The minimum atomic E-state index is -1.07. The van der Waals surface area contributed by atoms with E-state index in [1.54, 1.807) is 0 Å². The quantitative estimate of drug-likeness (QED) is 0.476. The number of nitro benzene ring substituents is 1. The number of nitro groups is 1. The van der Waals surface area contributed by atoms with Crippen LogP contribution in [-0.2, 0) is 0 Å². The van der Waals surface area contributed by atoms with Gasteiger partial charge in [0, 0.05) is 6.07 Å². The summed E-state index contributed by atoms with van der Waals surface area (Å²) < 4.78 is 12.9. The van der Waals surface area contributed by atoms with Gasteiger partial charge in [-0.1, -0.05) is 0 Å². The van der Waals surface area contributed by atoms with Gasteiger partial charge in [0.05, 0.1) is 15.0 Å². The van der Waals surface area contributed by atoms with Crippen LogP contribution < -0.4 is 0 Å². The summed E-state index contributed by atoms with van der Waals surface area (Å²) in [5, 5.41) is 9.34. The number of rotatable bonds is 2. The molecule has 0 aliphatic heterocycles. The van der Waals surface area contributed by atoms with Gasteiger partial charge in [0.25, 0.3) is 10.9 Å². The summed E-state index contributed by atoms with van der Waals surface area (Å²) in [4.78, 5) is 20.3. The van der Waals surface area contributed by atoms with Crippen LogP contribution in [0.3, 0.4) is 0 Å². The fraction of sp³-hybridized carbons (Fsp3) is 0. The first kappa shape index (κ1) is 11.1. The molecule has 74 valence electrons. The van der Waals surface area contributed by atoms with Crippen LogP contribution in [0.5, 0.6) is 0 Å². The summed E-state index contributed by atoms with van der Waals surface area (Å²) in [7, 11) is 0. The number of carbonyl (C=O) groups is 1. The average Bonchev–Trinajstić information content (AvgIpc) is 2.02. The van der Waals surface area contributed by atoms with E-state index in [1.165, 1.54) is 0 Å². The maximum absolute atomic E-state index is 13.0. The first-order valence-electron chi connectivity index (χ1n) is 3.26. The van der Waals surface area contributed by atoms with Gasteiger partial charge in [-0.15, -0.1) is 0 Å². The van der Waals surface area contributed by atoms with Crippen LogP contribution in [0.15, 0.2) is 16.6 Å². The van der Waals surface area contributed by atoms with Crippen molar-refractivity contribution in [1.82, 2.24) is 0 Å². The van der Waals surface area contributed by atoms with Crippen LogP contribution in [0.25, 0.3) is 0 Å². The minimum absolute atomic E-state index is 0.0401. The molecule has 0 N–H and O–H groups in total. The lowest BCUT2D eigenvalue weighted by Gasteiger charge is -1.99. The van der Waals surface area contributed by atoms with Crippen LogP contribution in [0.4, 0.5) is 10.1 Å². The summed E-state index contributed by atoms with van der Waals surface area (Å²) in [6.45, 7) is 0. The molecule has 0 fully saturated rings. The molecule has 0 saturated carbocycles. The fourth-order valence-corrected chi connectivity index (χ4v) is 1.43. The van der Waals surface area contributed by atoms with Crippen molar-refractivity contribution in [3.63, 3.8) is 0 Å². The zero-order valence-electron chi connectivity index (χ0n) is 6.46. The van der Waals surface area contributed by atoms with Gasteiger partial charge < -0.3 is 0 Å². The fourth-order valence-electron chi connectivity index (χ4n) is 0.828. The summed E-state index contributed by atoms with van der Waals surface area (Å²) in [6.07, 6.45) is 0. The van der Waals surface area contributed by atoms with E-state index in [2.05, 4.69) is 15.9 Å². The van der Waals surface area contributed by atoms with Gasteiger partial charge in [-0.25, -0.2) is 4.39 Å². The van der Waals surface area contributed by atoms with Crippen LogP contribution in [-0.4, -0.2) is 10.2 Å². The molecule has 0 unspecified atom stereocenters. The molecular weight excluding hydrogens is 280 g/mol. The number of carbonyl (C=O) groups excluding carboxylic acids is 1. The molecule has 1 aromatic rings. The third-order valence-corrected chi connectivity index (χ3v) is 2.28. The van der Waals surface area contributed by atoms with Crippen molar-refractivity contribution in [3.8, 4) is 0 Å². The average molecular weight is 282 g/mol. The first-order chi connectivity index (χ1) is 6.43. The van der Waals surface area contributed by atoms with Gasteiger partial charge in [0.15, 0.2) is 0 Å². The lowest BCUT2D eigenvalue weighted by Crippen LogP contribution is -1.98. The largest absolute Gasteiger partial charge is 0.284 e. The standard InChI is InChI=1S/C7H2BrClFNO3/c8-4-2-5(10)3(7(9)12)1-6(4)11(13)14/h1-2H. The van der Waals surface area contributed by atoms with Gasteiger partial charge in [-0.05, 0) is 33.6 Å². The Morgan fingerprint density at radius 1 is 1.57 bits per heavy atom. The molecule has 0 aromatic heterocycles. The number of halogens is 3. The Bertz CT molecular complexity index is 388. The van der Waals surface area contributed by atoms with E-state index >= 15 is 0 Å². The maximum atomic E-state index is 13.0. The van der Waals surface area contributed by atoms with Crippen LogP contribution in [0.2, 0.25) is 0 Å². The SMILES string of the molecule is O=C(Cl)c1cc([N+](=O)[O-])c(Br)cc1F. The van der Waals surface area contributed by atoms with Crippen molar-refractivity contribution >= 4 is 38.5 Å². The molecule has 1 rings (SSSR count). The normalized spacial score (nSPS) is 9.93. The summed E-state index contributed by atoms with van der Waals surface area (Å²) in [5.74, 6) is -0.900. The van der Waals surface area contributed by atoms with Crippen LogP contribution in [0.1, 0.15) is 10.4 Å². The summed E-state index contributed by atoms with van der Waals surface area (Å²) in [6, 6.07) is 1.61. The second kappa shape index (κ2) is 4.02. The van der Waals surface area contributed by atoms with Gasteiger partial charge in [-0.3, -0.25) is 14.9 Å². The topological polar surface area (TPSA) is 60.2 Å². The molecule has 0 radical (unpaired) electrons. The van der Waals surface area contributed by atoms with E-state index in [9.17, 15) is 19.3 Å². The van der Waals surface area contributed by atoms with Gasteiger partial charge in [-0.2, -0.15) is 0 Å². The van der Waals surface area contributed by atoms with Gasteiger partial charge in [0.2, 0.25) is 0 Å². The molecule has 0 aliphatic rings. The Morgan fingerprint density at radius 3 is 2.57 bits per heavy atom. The molecule has 0 saturated heterocycles. The lowest BCUT2D eigenvalue weighted by molar-refractivity contribution is -0.385. The Kier molecular flexibility index (Phi) is 3.17. The maximum Gasteiger partial charge on any atom is 0.284 e. The van der Waals surface area contributed by atoms with Crippen molar-refractivity contribution in [3.05, 3.63) is 38.1 Å². The van der Waals surface area contributed by atoms with E-state index in [4.69, 9.17) is 11.6 Å². The molecule has 4 nitrogen and oxygen atoms in total. The Morgan fingerprint density at radius 2 is 2.14 bits per heavy atom. The highest BCUT2D eigenvalue weighted by Crippen LogP contribution is 2.28. The molecule has 0 atom stereocenters. The predicted octanol–water partition coefficient (Wildman–Crippen LogP) is 2.88. The van der Waals surface area contributed by atoms with Gasteiger partial charge in [0.1, 0.15) is 5.82 Å². The third-order valence-electron chi connectivity index (χ3n) is 1.44. The highest BCUT2D eigenvalue weighted by atomic mass is 79.9. The van der Waals surface area contributed by atoms with Crippen molar-refractivity contribution in [2.45, 2.75) is 0 Å². The van der Waals surface area contributed by atoms with Crippen LogP contribution >= 0.6 is 27.5 Å². The Hall–Kier alpha value is -1.01. The molecule has 0 aliphatic carbocycles. The third kappa shape index (κ3) is 2.08. The van der Waals surface area contributed by atoms with E-state index in [1.807, 2.05) is 0 Å². The van der Waals surface area contributed by atoms with E-state index in [0.29, 0.717) is 0 Å². The van der Waals surface area contributed by atoms with E-state index in [-0.39, 0.29) is 4.47 Å². The van der Waals surface area contributed by atoms with E-state index in [0.717, 1.165) is 12.1 Å². The molecule has 0 bridgehead atoms. The lowest BCUT2D eigenvalue weighted by atomic mass is 10.2. The van der Waals surface area contributed by atoms with Crippen LogP contribution in [0, 0.1) is 15.9 Å². The smallest absolute Gasteiger partial charge is 0.275 e. The zero-order chi connectivity index (χ0) is 10.9. The number of nitrogens with zero attached hydrogens (tertiary/aromatic N) is 1. The van der Waals surface area contributed by atoms with E-state index < -0.39 is 27.2 Å². The Labute approximate surface area is 90.9 Å². The highest BCUT2D eigenvalue weighted by molar-refractivity contribution is 9.10. The molecule has 0 amide bonds. The molecule has 0 spiro atoms. The number of hydrogen-bond acceptors (Lipinski definition) is 3. The summed E-state index contributed by atoms with van der Waals surface area (Å²) >= 11 is 7.82. The molecular formula is C7H2BrClFNO3. The highest BCUT2D eigenvalue weighted by Gasteiger charge is 2.19. The molecule has 14 heavy (non-hydrogen) atoms. The Balaban J connectivity index is 3.42. The zero-order valence-corrected chi connectivity index (χ0v) is 8.80. The second-order valence-electron chi connectivity index (χ2n) is 2.31. The number of benzene rings is 1. The molecule has 0 heterocycles. The second-order valence-corrected chi connectivity index (χ2v) is 3.51. The van der Waals surface area contributed by atoms with Crippen molar-refractivity contribution in [2.24, 2.45) is 0 Å². The van der Waals surface area contributed by atoms with Crippen molar-refractivity contribution < 1.29 is 14.1 Å². The first-order valence-corrected chi connectivity index (χ1v) is 4.44. The molecule has 1 aromatic carbocycles. The molecule has 7 heteroatoms. The number of hydrogen-bond donors (Lipinski definition) is 0. The van der Waals surface area contributed by atoms with Gasteiger partial charge >= 0.3 is 0 Å². The summed E-state index contributed by atoms with van der Waals surface area (Å²) in [5.41, 5.74) is -0.919. The minimum Gasteiger partial charge on any atom is -0.275 e. The predicted molar refractivity (Wildman–Crippen MR) is 50.9 cm³/mol.